The molecule has 0 spiro atoms. The van der Waals surface area contributed by atoms with Crippen molar-refractivity contribution < 1.29 is 5.11 Å². The van der Waals surface area contributed by atoms with Crippen molar-refractivity contribution in [2.75, 3.05) is 0 Å². The fourth-order valence-electron chi connectivity index (χ4n) is 1.41. The van der Waals surface area contributed by atoms with E-state index in [0.717, 1.165) is 4.57 Å². The minimum absolute atomic E-state index is 0.0861. The number of H-pyrrole nitrogens is 1. The molecule has 0 fully saturated rings. The molecule has 2 N–H and O–H groups in total. The molecule has 0 amide bonds. The van der Waals surface area contributed by atoms with E-state index in [9.17, 15) is 14.7 Å². The summed E-state index contributed by atoms with van der Waals surface area (Å²) in [6, 6.07) is 6.62. The summed E-state index contributed by atoms with van der Waals surface area (Å²) < 4.78 is 0.921. The fourth-order valence-corrected chi connectivity index (χ4v) is 1.54. The number of hydrogen-bond acceptors (Lipinski definition) is 4. The third kappa shape index (κ3) is 2.74. The maximum atomic E-state index is 11.5. The lowest BCUT2D eigenvalue weighted by atomic mass is 10.3. The number of aliphatic imine (C=N–C) groups is 1. The fraction of sp³-hybridized carbons (Fsp3) is 0.0833. The predicted octanol–water partition coefficient (Wildman–Crippen LogP) is 1.18. The highest BCUT2D eigenvalue weighted by atomic mass is 35.5. The van der Waals surface area contributed by atoms with Crippen LogP contribution in [0.3, 0.4) is 0 Å². The summed E-state index contributed by atoms with van der Waals surface area (Å²) in [6.45, 7) is 0. The van der Waals surface area contributed by atoms with Gasteiger partial charge in [-0.3, -0.25) is 19.3 Å². The molecule has 6 nitrogen and oxygen atoms in total. The van der Waals surface area contributed by atoms with Crippen LogP contribution in [0.25, 0.3) is 0 Å². The molecule has 0 aliphatic heterocycles. The number of aromatic nitrogens is 2. The van der Waals surface area contributed by atoms with E-state index >= 15 is 0 Å². The Hall–Kier alpha value is -2.34. The molecule has 0 aliphatic carbocycles. The van der Waals surface area contributed by atoms with Gasteiger partial charge in [0.2, 0.25) is 5.88 Å². The van der Waals surface area contributed by atoms with E-state index in [0.29, 0.717) is 10.7 Å². The summed E-state index contributed by atoms with van der Waals surface area (Å²) >= 11 is 5.73. The predicted molar refractivity (Wildman–Crippen MR) is 72.7 cm³/mol. The first-order valence-corrected chi connectivity index (χ1v) is 5.69. The number of hydrogen-bond donors (Lipinski definition) is 2. The van der Waals surface area contributed by atoms with Gasteiger partial charge in [-0.1, -0.05) is 11.6 Å². The third-order valence-corrected chi connectivity index (χ3v) is 2.75. The van der Waals surface area contributed by atoms with E-state index in [1.807, 2.05) is 0 Å². The molecule has 7 heteroatoms. The maximum Gasteiger partial charge on any atom is 0.330 e. The molecule has 0 radical (unpaired) electrons. The van der Waals surface area contributed by atoms with Crippen LogP contribution in [0, 0.1) is 0 Å². The second kappa shape index (κ2) is 5.11. The Labute approximate surface area is 112 Å². The number of nitrogens with one attached hydrogen (secondary N) is 1. The van der Waals surface area contributed by atoms with E-state index in [1.54, 1.807) is 24.3 Å². The van der Waals surface area contributed by atoms with Crippen molar-refractivity contribution in [2.24, 2.45) is 12.0 Å². The number of nitrogens with zero attached hydrogens (tertiary/aromatic N) is 2. The first-order chi connectivity index (χ1) is 8.99. The molecule has 0 saturated carbocycles. The normalized spacial score (nSPS) is 11.1. The number of benzene rings is 1. The standard InChI is InChI=1S/C12H10ClN3O3/c1-16-11(18)9(10(17)15-12(16)19)6-14-8-4-2-7(13)3-5-8/h2-6,18H,1H3,(H,15,17,19). The summed E-state index contributed by atoms with van der Waals surface area (Å²) in [5.74, 6) is -0.438. The number of rotatable bonds is 2. The smallest absolute Gasteiger partial charge is 0.330 e. The monoisotopic (exact) mass is 279 g/mol. The zero-order valence-electron chi connectivity index (χ0n) is 9.92. The van der Waals surface area contributed by atoms with Gasteiger partial charge in [0, 0.05) is 18.3 Å². The van der Waals surface area contributed by atoms with Gasteiger partial charge in [-0.15, -0.1) is 0 Å². The van der Waals surface area contributed by atoms with Crippen molar-refractivity contribution in [1.29, 1.82) is 0 Å². The maximum absolute atomic E-state index is 11.5. The molecule has 1 heterocycles. The Bertz CT molecular complexity index is 744. The van der Waals surface area contributed by atoms with Crippen LogP contribution in [-0.4, -0.2) is 20.9 Å². The van der Waals surface area contributed by atoms with Gasteiger partial charge in [-0.2, -0.15) is 0 Å². The van der Waals surface area contributed by atoms with Crippen molar-refractivity contribution in [3.8, 4) is 5.88 Å². The summed E-state index contributed by atoms with van der Waals surface area (Å²) in [4.78, 5) is 28.9. The molecule has 0 unspecified atom stereocenters. The van der Waals surface area contributed by atoms with Crippen molar-refractivity contribution in [2.45, 2.75) is 0 Å². The lowest BCUT2D eigenvalue weighted by molar-refractivity contribution is 0.417. The quantitative estimate of drug-likeness (QED) is 0.809. The van der Waals surface area contributed by atoms with E-state index < -0.39 is 17.1 Å². The topological polar surface area (TPSA) is 87.4 Å². The van der Waals surface area contributed by atoms with Crippen LogP contribution >= 0.6 is 11.6 Å². The Balaban J connectivity index is 2.44. The highest BCUT2D eigenvalue weighted by molar-refractivity contribution is 6.30. The van der Waals surface area contributed by atoms with E-state index in [4.69, 9.17) is 11.6 Å². The van der Waals surface area contributed by atoms with E-state index in [-0.39, 0.29) is 5.56 Å². The van der Waals surface area contributed by atoms with Crippen molar-refractivity contribution >= 4 is 23.5 Å². The van der Waals surface area contributed by atoms with Crippen LogP contribution in [-0.2, 0) is 7.05 Å². The van der Waals surface area contributed by atoms with Crippen LogP contribution in [0.5, 0.6) is 5.88 Å². The average Bonchev–Trinajstić information content (AvgIpc) is 2.38. The largest absolute Gasteiger partial charge is 0.494 e. The first-order valence-electron chi connectivity index (χ1n) is 5.31. The van der Waals surface area contributed by atoms with Crippen LogP contribution in [0.15, 0.2) is 38.8 Å². The molecule has 2 aromatic rings. The summed E-state index contributed by atoms with van der Waals surface area (Å²) in [7, 11) is 1.34. The van der Waals surface area contributed by atoms with Crippen molar-refractivity contribution in [1.82, 2.24) is 9.55 Å². The second-order valence-corrected chi connectivity index (χ2v) is 4.23. The number of aromatic amines is 1. The summed E-state index contributed by atoms with van der Waals surface area (Å²) in [5.41, 5.74) is -0.904. The Morgan fingerprint density at radius 1 is 1.32 bits per heavy atom. The van der Waals surface area contributed by atoms with Gasteiger partial charge in [-0.05, 0) is 24.3 Å². The lowest BCUT2D eigenvalue weighted by Gasteiger charge is -2.02. The van der Waals surface area contributed by atoms with Gasteiger partial charge in [0.05, 0.1) is 5.69 Å². The minimum Gasteiger partial charge on any atom is -0.494 e. The summed E-state index contributed by atoms with van der Waals surface area (Å²) in [5, 5.41) is 10.3. The molecule has 1 aromatic heterocycles. The van der Waals surface area contributed by atoms with E-state index in [1.165, 1.54) is 13.3 Å². The zero-order chi connectivity index (χ0) is 14.0. The second-order valence-electron chi connectivity index (χ2n) is 3.79. The number of aromatic hydroxyl groups is 1. The minimum atomic E-state index is -0.696. The van der Waals surface area contributed by atoms with Crippen LogP contribution < -0.4 is 11.2 Å². The summed E-state index contributed by atoms with van der Waals surface area (Å²) in [6.07, 6.45) is 1.19. The Morgan fingerprint density at radius 3 is 2.58 bits per heavy atom. The Kier molecular flexibility index (Phi) is 3.52. The Morgan fingerprint density at radius 2 is 1.95 bits per heavy atom. The lowest BCUT2D eigenvalue weighted by Crippen LogP contribution is -2.30. The van der Waals surface area contributed by atoms with E-state index in [2.05, 4.69) is 9.98 Å². The van der Waals surface area contributed by atoms with Gasteiger partial charge in [0.1, 0.15) is 5.56 Å². The third-order valence-electron chi connectivity index (χ3n) is 2.50. The highest BCUT2D eigenvalue weighted by Gasteiger charge is 2.09. The van der Waals surface area contributed by atoms with Gasteiger partial charge >= 0.3 is 5.69 Å². The molecule has 98 valence electrons. The molecule has 19 heavy (non-hydrogen) atoms. The van der Waals surface area contributed by atoms with Crippen molar-refractivity contribution in [3.05, 3.63) is 55.7 Å². The number of halogens is 1. The molecule has 0 saturated heterocycles. The van der Waals surface area contributed by atoms with Gasteiger partial charge < -0.3 is 5.11 Å². The van der Waals surface area contributed by atoms with Gasteiger partial charge in [0.25, 0.3) is 5.56 Å². The van der Waals surface area contributed by atoms with Crippen LogP contribution in [0.2, 0.25) is 5.02 Å². The first kappa shape index (κ1) is 13.1. The average molecular weight is 280 g/mol. The van der Waals surface area contributed by atoms with Gasteiger partial charge in [-0.25, -0.2) is 4.79 Å². The molecule has 0 bridgehead atoms. The molecule has 0 aliphatic rings. The van der Waals surface area contributed by atoms with Gasteiger partial charge in [0.15, 0.2) is 0 Å². The molecule has 0 atom stereocenters. The molecular formula is C12H10ClN3O3. The highest BCUT2D eigenvalue weighted by Crippen LogP contribution is 2.16. The van der Waals surface area contributed by atoms with Crippen LogP contribution in [0.1, 0.15) is 5.56 Å². The van der Waals surface area contributed by atoms with Crippen molar-refractivity contribution in [3.63, 3.8) is 0 Å². The SMILES string of the molecule is Cn1c(O)c(C=Nc2ccc(Cl)cc2)c(=O)[nH]c1=O. The molecule has 2 rings (SSSR count). The zero-order valence-corrected chi connectivity index (χ0v) is 10.7. The molecular weight excluding hydrogens is 270 g/mol. The molecule has 1 aromatic carbocycles. The van der Waals surface area contributed by atoms with Crippen LogP contribution in [0.4, 0.5) is 5.69 Å².